The fourth-order valence-corrected chi connectivity index (χ4v) is 2.54. The van der Waals surface area contributed by atoms with Crippen molar-refractivity contribution in [3.05, 3.63) is 35.9 Å². The molecule has 3 nitrogen and oxygen atoms in total. The summed E-state index contributed by atoms with van der Waals surface area (Å²) in [4.78, 5) is 16.7. The highest BCUT2D eigenvalue weighted by molar-refractivity contribution is 5.78. The van der Waals surface area contributed by atoms with Crippen LogP contribution in [0.4, 0.5) is 0 Å². The van der Waals surface area contributed by atoms with Gasteiger partial charge in [-0.05, 0) is 37.2 Å². The highest BCUT2D eigenvalue weighted by atomic mass is 16.7. The van der Waals surface area contributed by atoms with E-state index in [-0.39, 0.29) is 11.8 Å². The zero-order valence-electron chi connectivity index (χ0n) is 11.1. The maximum Gasteiger partial charge on any atom is 0.248 e. The van der Waals surface area contributed by atoms with Gasteiger partial charge in [-0.2, -0.15) is 0 Å². The van der Waals surface area contributed by atoms with Crippen molar-refractivity contribution in [1.82, 2.24) is 5.06 Å². The summed E-state index contributed by atoms with van der Waals surface area (Å²) < 4.78 is 0. The van der Waals surface area contributed by atoms with Crippen molar-refractivity contribution < 1.29 is 9.63 Å². The summed E-state index contributed by atoms with van der Waals surface area (Å²) in [5.41, 5.74) is 1.39. The van der Waals surface area contributed by atoms with Gasteiger partial charge in [0, 0.05) is 13.0 Å². The van der Waals surface area contributed by atoms with Gasteiger partial charge >= 0.3 is 0 Å². The van der Waals surface area contributed by atoms with Crippen molar-refractivity contribution in [2.24, 2.45) is 11.8 Å². The standard InChI is InChI=1S/C15H21NO2/c1-16(18-2)15(17)14-10-13(11-14)9-8-12-6-4-3-5-7-12/h3-7,13-14H,8-11H2,1-2H3/t13-,14+. The molecule has 0 N–H and O–H groups in total. The van der Waals surface area contributed by atoms with Crippen LogP contribution in [0.3, 0.4) is 0 Å². The lowest BCUT2D eigenvalue weighted by Crippen LogP contribution is -2.39. The third kappa shape index (κ3) is 3.10. The second-order valence-electron chi connectivity index (χ2n) is 5.08. The van der Waals surface area contributed by atoms with Crippen LogP contribution >= 0.6 is 0 Å². The molecular formula is C15H21NO2. The topological polar surface area (TPSA) is 29.5 Å². The Hall–Kier alpha value is -1.35. The largest absolute Gasteiger partial charge is 0.275 e. The molecule has 18 heavy (non-hydrogen) atoms. The van der Waals surface area contributed by atoms with Crippen LogP contribution in [0.5, 0.6) is 0 Å². The molecule has 1 saturated carbocycles. The first-order valence-corrected chi connectivity index (χ1v) is 6.56. The van der Waals surface area contributed by atoms with Crippen molar-refractivity contribution in [3.63, 3.8) is 0 Å². The Morgan fingerprint density at radius 3 is 2.61 bits per heavy atom. The Morgan fingerprint density at radius 1 is 1.33 bits per heavy atom. The molecule has 1 aromatic carbocycles. The molecule has 0 heterocycles. The maximum atomic E-state index is 11.8. The summed E-state index contributed by atoms with van der Waals surface area (Å²) in [6, 6.07) is 10.5. The lowest BCUT2D eigenvalue weighted by atomic mass is 9.72. The molecule has 0 spiro atoms. The zero-order valence-corrected chi connectivity index (χ0v) is 11.1. The average molecular weight is 247 g/mol. The monoisotopic (exact) mass is 247 g/mol. The number of aryl methyl sites for hydroxylation is 1. The van der Waals surface area contributed by atoms with E-state index >= 15 is 0 Å². The van der Waals surface area contributed by atoms with Crippen molar-refractivity contribution in [2.75, 3.05) is 14.2 Å². The molecule has 0 saturated heterocycles. The summed E-state index contributed by atoms with van der Waals surface area (Å²) in [5.74, 6) is 0.994. The minimum Gasteiger partial charge on any atom is -0.275 e. The van der Waals surface area contributed by atoms with Gasteiger partial charge < -0.3 is 0 Å². The first kappa shape index (κ1) is 13.1. The normalized spacial score (nSPS) is 22.3. The summed E-state index contributed by atoms with van der Waals surface area (Å²) in [6.45, 7) is 0. The zero-order chi connectivity index (χ0) is 13.0. The highest BCUT2D eigenvalue weighted by Crippen LogP contribution is 2.37. The average Bonchev–Trinajstić information content (AvgIpc) is 2.36. The van der Waals surface area contributed by atoms with E-state index < -0.39 is 0 Å². The summed E-state index contributed by atoms with van der Waals surface area (Å²) in [5, 5.41) is 1.35. The molecule has 0 unspecified atom stereocenters. The van der Waals surface area contributed by atoms with Crippen LogP contribution < -0.4 is 0 Å². The van der Waals surface area contributed by atoms with Crippen LogP contribution in [0.2, 0.25) is 0 Å². The van der Waals surface area contributed by atoms with Gasteiger partial charge in [0.1, 0.15) is 0 Å². The van der Waals surface area contributed by atoms with E-state index in [0.29, 0.717) is 5.92 Å². The van der Waals surface area contributed by atoms with Crippen molar-refractivity contribution in [2.45, 2.75) is 25.7 Å². The molecule has 2 rings (SSSR count). The van der Waals surface area contributed by atoms with Crippen LogP contribution in [0, 0.1) is 11.8 Å². The Kier molecular flexibility index (Phi) is 4.37. The molecule has 3 heteroatoms. The Labute approximate surface area is 109 Å². The summed E-state index contributed by atoms with van der Waals surface area (Å²) in [6.07, 6.45) is 4.33. The van der Waals surface area contributed by atoms with E-state index in [0.717, 1.165) is 19.3 Å². The number of nitrogens with zero attached hydrogens (tertiary/aromatic N) is 1. The third-order valence-corrected chi connectivity index (χ3v) is 3.85. The van der Waals surface area contributed by atoms with E-state index in [9.17, 15) is 4.79 Å². The fraction of sp³-hybridized carbons (Fsp3) is 0.533. The van der Waals surface area contributed by atoms with Gasteiger partial charge in [0.15, 0.2) is 0 Å². The molecule has 1 amide bonds. The highest BCUT2D eigenvalue weighted by Gasteiger charge is 2.35. The van der Waals surface area contributed by atoms with Crippen molar-refractivity contribution >= 4 is 5.91 Å². The molecular weight excluding hydrogens is 226 g/mol. The molecule has 98 valence electrons. The third-order valence-electron chi connectivity index (χ3n) is 3.85. The Balaban J connectivity index is 1.69. The number of carbonyl (C=O) groups is 1. The summed E-state index contributed by atoms with van der Waals surface area (Å²) in [7, 11) is 3.21. The van der Waals surface area contributed by atoms with Gasteiger partial charge in [-0.1, -0.05) is 30.3 Å². The van der Waals surface area contributed by atoms with Crippen LogP contribution in [0.25, 0.3) is 0 Å². The molecule has 1 aliphatic carbocycles. The molecule has 0 aliphatic heterocycles. The van der Waals surface area contributed by atoms with Gasteiger partial charge in [0.25, 0.3) is 0 Å². The number of rotatable bonds is 5. The van der Waals surface area contributed by atoms with Crippen LogP contribution in [0.15, 0.2) is 30.3 Å². The SMILES string of the molecule is CON(C)C(=O)[C@H]1C[C@@H](CCc2ccccc2)C1. The van der Waals surface area contributed by atoms with E-state index in [1.165, 1.54) is 24.2 Å². The molecule has 0 aromatic heterocycles. The van der Waals surface area contributed by atoms with E-state index in [1.807, 2.05) is 6.07 Å². The number of hydrogen-bond donors (Lipinski definition) is 0. The first-order chi connectivity index (χ1) is 8.70. The molecule has 1 fully saturated rings. The van der Waals surface area contributed by atoms with Crippen LogP contribution in [0.1, 0.15) is 24.8 Å². The first-order valence-electron chi connectivity index (χ1n) is 6.56. The number of hydroxylamine groups is 2. The summed E-state index contributed by atoms with van der Waals surface area (Å²) >= 11 is 0. The molecule has 1 aliphatic rings. The predicted octanol–water partition coefficient (Wildman–Crippen LogP) is 2.67. The van der Waals surface area contributed by atoms with Crippen molar-refractivity contribution in [1.29, 1.82) is 0 Å². The van der Waals surface area contributed by atoms with Gasteiger partial charge in [-0.3, -0.25) is 9.63 Å². The predicted molar refractivity (Wildman–Crippen MR) is 70.8 cm³/mol. The number of amides is 1. The molecule has 0 bridgehead atoms. The van der Waals surface area contributed by atoms with Gasteiger partial charge in [0.05, 0.1) is 7.11 Å². The van der Waals surface area contributed by atoms with Crippen molar-refractivity contribution in [3.8, 4) is 0 Å². The van der Waals surface area contributed by atoms with Gasteiger partial charge in [0.2, 0.25) is 5.91 Å². The lowest BCUT2D eigenvalue weighted by Gasteiger charge is -2.35. The second-order valence-corrected chi connectivity index (χ2v) is 5.08. The minimum atomic E-state index is 0.119. The maximum absolute atomic E-state index is 11.8. The quantitative estimate of drug-likeness (QED) is 0.749. The molecule has 0 radical (unpaired) electrons. The van der Waals surface area contributed by atoms with E-state index in [4.69, 9.17) is 4.84 Å². The van der Waals surface area contributed by atoms with Gasteiger partial charge in [-0.25, -0.2) is 5.06 Å². The van der Waals surface area contributed by atoms with Gasteiger partial charge in [-0.15, -0.1) is 0 Å². The van der Waals surface area contributed by atoms with Crippen LogP contribution in [-0.4, -0.2) is 25.1 Å². The molecule has 0 atom stereocenters. The second kappa shape index (κ2) is 6.01. The van der Waals surface area contributed by atoms with E-state index in [2.05, 4.69) is 24.3 Å². The van der Waals surface area contributed by atoms with Crippen LogP contribution in [-0.2, 0) is 16.1 Å². The number of hydrogen-bond acceptors (Lipinski definition) is 2. The smallest absolute Gasteiger partial charge is 0.248 e. The Morgan fingerprint density at radius 2 is 2.00 bits per heavy atom. The number of benzene rings is 1. The number of carbonyl (C=O) groups excluding carboxylic acids is 1. The minimum absolute atomic E-state index is 0.119. The Bertz CT molecular complexity index is 385. The van der Waals surface area contributed by atoms with E-state index in [1.54, 1.807) is 7.05 Å². The molecule has 1 aromatic rings. The lowest BCUT2D eigenvalue weighted by molar-refractivity contribution is -0.177. The fourth-order valence-electron chi connectivity index (χ4n) is 2.54.